The maximum atomic E-state index is 4.18. The Bertz CT molecular complexity index is 2150. The van der Waals surface area contributed by atoms with Crippen LogP contribution in [0, 0.1) is 0 Å². The molecular formula is C84H147N15. The summed E-state index contributed by atoms with van der Waals surface area (Å²) in [4.78, 5) is 44.0. The van der Waals surface area contributed by atoms with Gasteiger partial charge in [-0.05, 0) is 130 Å². The molecule has 9 aromatic rings. The number of aromatic nitrogens is 15. The lowest BCUT2D eigenvalue weighted by atomic mass is 10.1. The molecule has 9 rings (SSSR count). The van der Waals surface area contributed by atoms with Crippen LogP contribution in [-0.2, 0) is 0 Å². The zero-order valence-corrected chi connectivity index (χ0v) is 69.7. The summed E-state index contributed by atoms with van der Waals surface area (Å²) >= 11 is 0. The van der Waals surface area contributed by atoms with Crippen molar-refractivity contribution >= 4 is 0 Å². The van der Waals surface area contributed by atoms with Gasteiger partial charge >= 0.3 is 0 Å². The Kier molecular flexibility index (Phi) is 95.2. The highest BCUT2D eigenvalue weighted by Gasteiger charge is 2.01. The summed E-state index contributed by atoms with van der Waals surface area (Å²) in [6.07, 6.45) is 31.7. The summed E-state index contributed by atoms with van der Waals surface area (Å²) in [6.45, 7) is 74.3. The lowest BCUT2D eigenvalue weighted by Gasteiger charge is -2.01. The van der Waals surface area contributed by atoms with Gasteiger partial charge in [-0.3, -0.25) is 24.9 Å². The molecule has 0 aliphatic carbocycles. The normalized spacial score (nSPS) is 8.82. The molecule has 15 heteroatoms. The van der Waals surface area contributed by atoms with Gasteiger partial charge in [0.25, 0.3) is 0 Å². The summed E-state index contributed by atoms with van der Waals surface area (Å²) in [6, 6.07) is 23.8. The van der Waals surface area contributed by atoms with E-state index in [1.54, 1.807) is 74.6 Å². The second-order valence-corrected chi connectivity index (χ2v) is 21.1. The first-order chi connectivity index (χ1) is 47.7. The van der Waals surface area contributed by atoms with E-state index in [9.17, 15) is 0 Å². The molecule has 0 N–H and O–H groups in total. The van der Waals surface area contributed by atoms with Crippen molar-refractivity contribution in [1.82, 2.24) is 75.2 Å². The van der Waals surface area contributed by atoms with Crippen molar-refractivity contribution in [3.8, 4) is 0 Å². The Morgan fingerprint density at radius 1 is 0.202 bits per heavy atom. The fraction of sp³-hybridized carbons (Fsp3) is 0.536. The summed E-state index contributed by atoms with van der Waals surface area (Å²) in [5.41, 5.74) is 9.46. The van der Waals surface area contributed by atoms with E-state index >= 15 is 0 Å². The Morgan fingerprint density at radius 2 is 0.616 bits per heavy atom. The molecule has 0 bridgehead atoms. The molecule has 0 radical (unpaired) electrons. The predicted octanol–water partition coefficient (Wildman–Crippen LogP) is 25.5. The van der Waals surface area contributed by atoms with E-state index in [-0.39, 0.29) is 0 Å². The quantitative estimate of drug-likeness (QED) is 0.132. The number of pyridine rings is 3. The number of hydrogen-bond acceptors (Lipinski definition) is 15. The van der Waals surface area contributed by atoms with Crippen LogP contribution in [0.3, 0.4) is 0 Å². The molecule has 9 aromatic heterocycles. The molecule has 0 spiro atoms. The first-order valence-corrected chi connectivity index (χ1v) is 37.0. The largest absolute Gasteiger partial charge is 0.265 e. The van der Waals surface area contributed by atoms with Gasteiger partial charge in [0.2, 0.25) is 0 Å². The van der Waals surface area contributed by atoms with Crippen LogP contribution in [0.2, 0.25) is 0 Å². The Balaban J connectivity index is -0.000000128. The molecule has 0 saturated heterocycles. The van der Waals surface area contributed by atoms with Crippen LogP contribution < -0.4 is 0 Å². The minimum Gasteiger partial charge on any atom is -0.265 e. The molecule has 15 nitrogen and oxygen atoms in total. The van der Waals surface area contributed by atoms with E-state index in [1.807, 2.05) is 229 Å². The zero-order chi connectivity index (χ0) is 78.2. The molecule has 99 heavy (non-hydrogen) atoms. The van der Waals surface area contributed by atoms with Crippen LogP contribution in [0.1, 0.15) is 353 Å². The van der Waals surface area contributed by atoms with Crippen molar-refractivity contribution in [2.75, 3.05) is 0 Å². The molecule has 0 aliphatic rings. The number of hydrogen-bond donors (Lipinski definition) is 0. The van der Waals surface area contributed by atoms with Crippen LogP contribution in [0.4, 0.5) is 0 Å². The number of rotatable bonds is 9. The van der Waals surface area contributed by atoms with Crippen molar-refractivity contribution in [2.24, 2.45) is 0 Å². The van der Waals surface area contributed by atoms with Gasteiger partial charge in [0.1, 0.15) is 18.5 Å². The van der Waals surface area contributed by atoms with Crippen LogP contribution in [-0.4, -0.2) is 75.2 Å². The summed E-state index contributed by atoms with van der Waals surface area (Å²) < 4.78 is 0. The monoisotopic (exact) mass is 1370 g/mol. The molecule has 0 fully saturated rings. The summed E-state index contributed by atoms with van der Waals surface area (Å²) in [5.74, 6) is 5.68. The van der Waals surface area contributed by atoms with Crippen molar-refractivity contribution in [3.63, 3.8) is 0 Å². The second kappa shape index (κ2) is 86.0. The highest BCUT2D eigenvalue weighted by Crippen LogP contribution is 2.14. The maximum Gasteiger partial charge on any atom is 0.130 e. The Hall–Kier alpha value is -8.07. The SMILES string of the molecule is CC.CC.CC.CC.CC.CC.CC.CC.CC.CC(C)c1ccccn1.CC(C)c1cccnc1.CC(C)c1cccnn1.CC(C)c1ccncc1.CC(C)c1ccncn1.CC(C)c1ccnnc1.CC(C)c1cnccn1.CC(C)c1cncnc1.CC(C)c1ncccn1. The highest BCUT2D eigenvalue weighted by molar-refractivity contribution is 5.14. The van der Waals surface area contributed by atoms with E-state index in [2.05, 4.69) is 206 Å². The Labute approximate surface area is 610 Å². The first kappa shape index (κ1) is 110. The predicted molar refractivity (Wildman–Crippen MR) is 434 cm³/mol. The topological polar surface area (TPSA) is 193 Å². The lowest BCUT2D eigenvalue weighted by molar-refractivity contribution is 0.774. The maximum absolute atomic E-state index is 4.18. The average Bonchev–Trinajstić information content (AvgIpc) is 3.85. The van der Waals surface area contributed by atoms with E-state index in [4.69, 9.17) is 0 Å². The Morgan fingerprint density at radius 3 is 0.889 bits per heavy atom. The van der Waals surface area contributed by atoms with Crippen molar-refractivity contribution in [3.05, 3.63) is 235 Å². The van der Waals surface area contributed by atoms with Gasteiger partial charge in [0.15, 0.2) is 0 Å². The summed E-state index contributed by atoms with van der Waals surface area (Å²) in [7, 11) is 0. The van der Waals surface area contributed by atoms with Crippen molar-refractivity contribution in [1.29, 1.82) is 0 Å². The minimum absolute atomic E-state index is 0.436. The molecular weight excluding hydrogens is 1220 g/mol. The molecule has 558 valence electrons. The molecule has 0 aliphatic heterocycles. The standard InChI is InChI=1S/3C8H11N.6C7H10N2.9C2H6/c1-7(2)8-3-5-9-6-4-8;1-7(2)8-4-3-5-9-6-8;1-7(2)8-5-3-4-6-9-8;1-6(2)7-3-8-5-9-4-7;1-6(2)7-5-8-3-4-9-7;1-6(2)7-3-4-8-5-9-7;1-6(2)7-3-4-8-9-5-7;1-6(2)7-8-4-3-5-9-7;1-6(2)7-4-3-5-8-9-7;9*1-2/h3*3-7H,1-2H3;6*3-6H,1-2H3;9*1-2H3. The molecule has 0 unspecified atom stereocenters. The zero-order valence-electron chi connectivity index (χ0n) is 69.7. The van der Waals surface area contributed by atoms with Gasteiger partial charge in [-0.25, -0.2) is 29.9 Å². The third-order valence-corrected chi connectivity index (χ3v) is 11.2. The fourth-order valence-electron chi connectivity index (χ4n) is 5.92. The van der Waals surface area contributed by atoms with Gasteiger partial charge in [-0.15, -0.1) is 0 Å². The smallest absolute Gasteiger partial charge is 0.130 e. The first-order valence-electron chi connectivity index (χ1n) is 37.0. The lowest BCUT2D eigenvalue weighted by Crippen LogP contribution is -1.93. The third-order valence-electron chi connectivity index (χ3n) is 11.2. The minimum atomic E-state index is 0.436. The van der Waals surface area contributed by atoms with Gasteiger partial charge in [-0.1, -0.05) is 261 Å². The van der Waals surface area contributed by atoms with Crippen LogP contribution >= 0.6 is 0 Å². The van der Waals surface area contributed by atoms with Crippen molar-refractivity contribution < 1.29 is 0 Å². The van der Waals surface area contributed by atoms with Crippen LogP contribution in [0.25, 0.3) is 0 Å². The fourth-order valence-corrected chi connectivity index (χ4v) is 5.92. The second-order valence-electron chi connectivity index (χ2n) is 21.1. The molecule has 9 heterocycles. The van der Waals surface area contributed by atoms with Crippen LogP contribution in [0.5, 0.6) is 0 Å². The van der Waals surface area contributed by atoms with E-state index in [0.29, 0.717) is 53.3 Å². The number of nitrogens with zero attached hydrogens (tertiary/aromatic N) is 15. The van der Waals surface area contributed by atoms with Gasteiger partial charge < -0.3 is 0 Å². The van der Waals surface area contributed by atoms with Gasteiger partial charge in [-0.2, -0.15) is 20.4 Å². The van der Waals surface area contributed by atoms with E-state index in [0.717, 1.165) is 28.6 Å². The molecule has 0 aromatic carbocycles. The molecule has 0 amide bonds. The molecule has 0 atom stereocenters. The van der Waals surface area contributed by atoms with Crippen LogP contribution in [0.15, 0.2) is 185 Å². The van der Waals surface area contributed by atoms with Gasteiger partial charge in [0, 0.05) is 110 Å². The summed E-state index contributed by atoms with van der Waals surface area (Å²) in [5, 5.41) is 15.1. The van der Waals surface area contributed by atoms with E-state index < -0.39 is 0 Å². The highest BCUT2D eigenvalue weighted by atomic mass is 15.1. The van der Waals surface area contributed by atoms with Crippen molar-refractivity contribution in [2.45, 2.75) is 303 Å². The third kappa shape index (κ3) is 69.6. The average molecular weight is 1370 g/mol. The molecule has 0 saturated carbocycles. The van der Waals surface area contributed by atoms with E-state index in [1.165, 1.54) is 22.3 Å². The van der Waals surface area contributed by atoms with Gasteiger partial charge in [0.05, 0.1) is 17.6 Å².